The fraction of sp³-hybridized carbons (Fsp3) is 0. The summed E-state index contributed by atoms with van der Waals surface area (Å²) in [6.07, 6.45) is 0. The third-order valence-electron chi connectivity index (χ3n) is 0. The van der Waals surface area contributed by atoms with Gasteiger partial charge in [0.05, 0.1) is 0 Å². The van der Waals surface area contributed by atoms with E-state index in [2.05, 4.69) is 0 Å². The van der Waals surface area contributed by atoms with E-state index in [0.29, 0.717) is 0 Å². The number of hydrogen-bond donors (Lipinski definition) is 0. The summed E-state index contributed by atoms with van der Waals surface area (Å²) in [7, 11) is 0. The topological polar surface area (TPSA) is 0 Å². The van der Waals surface area contributed by atoms with Crippen LogP contribution in [0, 0.1) is 0 Å². The van der Waals surface area contributed by atoms with Crippen LogP contribution in [-0.4, -0.2) is 18.9 Å². The summed E-state index contributed by atoms with van der Waals surface area (Å²) in [4.78, 5) is 0. The van der Waals surface area contributed by atoms with Gasteiger partial charge < -0.3 is 0 Å². The van der Waals surface area contributed by atoms with E-state index in [4.69, 9.17) is 0 Å². The van der Waals surface area contributed by atoms with Crippen LogP contribution in [0.15, 0.2) is 0 Å². The van der Waals surface area contributed by atoms with Crippen molar-refractivity contribution in [1.82, 2.24) is 0 Å². The Bertz CT molecular complexity index is 8.75. The summed E-state index contributed by atoms with van der Waals surface area (Å²) >= 11 is 0. The molecule has 0 atom stereocenters. The minimum absolute atomic E-state index is 0. The Labute approximate surface area is 92.4 Å². The van der Waals surface area contributed by atoms with Crippen molar-refractivity contribution >= 4 is 59.3 Å². The Morgan fingerprint density at radius 3 is 0.500 bits per heavy atom. The molecule has 0 N–H and O–H groups in total. The maximum absolute atomic E-state index is 0. The molecule has 6 heteroatoms. The normalized spacial score (nSPS) is 0. The van der Waals surface area contributed by atoms with E-state index in [0.717, 1.165) is 0 Å². The zero-order chi connectivity index (χ0) is 0. The molecule has 0 aliphatic carbocycles. The quantitative estimate of drug-likeness (QED) is 0.493. The Hall–Kier alpha value is 2.69. The molecule has 0 radical (unpaired) electrons. The van der Waals surface area contributed by atoms with Gasteiger partial charge in [-0.15, -0.1) is 0 Å². The Morgan fingerprint density at radius 2 is 0.500 bits per heavy atom. The molecule has 0 nitrogen and oxygen atoms in total. The third kappa shape index (κ3) is 30.0. The third-order valence-corrected chi connectivity index (χ3v) is 0. The minimum atomic E-state index is 0. The summed E-state index contributed by atoms with van der Waals surface area (Å²) in [5.41, 5.74) is 0. The first-order chi connectivity index (χ1) is 0. The fourth-order valence-electron chi connectivity index (χ4n) is 0. The predicted molar refractivity (Wildman–Crippen MR) is 38.3 cm³/mol. The van der Waals surface area contributed by atoms with Gasteiger partial charge in [0.2, 0.25) is 0 Å². The van der Waals surface area contributed by atoms with E-state index >= 15 is 0 Å². The fourth-order valence-corrected chi connectivity index (χ4v) is 0. The van der Waals surface area contributed by atoms with Gasteiger partial charge >= 0.3 is 18.9 Å². The molecular weight excluding hydrogens is 215 g/mol. The molecule has 0 aromatic heterocycles. The van der Waals surface area contributed by atoms with Gasteiger partial charge in [-0.3, -0.25) is 0 Å². The second-order valence-electron chi connectivity index (χ2n) is 0. The zero-order valence-electron chi connectivity index (χ0n) is 2.21. The van der Waals surface area contributed by atoms with Gasteiger partial charge in [-0.2, -0.15) is 40.5 Å². The summed E-state index contributed by atoms with van der Waals surface area (Å²) in [6.45, 7) is 0. The van der Waals surface area contributed by atoms with Crippen LogP contribution < -0.4 is 0 Å². The number of rotatable bonds is 0. The second kappa shape index (κ2) is 47.6. The first kappa shape index (κ1) is 71.1. The van der Waals surface area contributed by atoms with Gasteiger partial charge in [0.1, 0.15) is 0 Å². The Balaban J connectivity index is 0. The van der Waals surface area contributed by atoms with Gasteiger partial charge in [0.25, 0.3) is 0 Å². The van der Waals surface area contributed by atoms with Crippen molar-refractivity contribution in [2.75, 3.05) is 0 Å². The van der Waals surface area contributed by atoms with Crippen molar-refractivity contribution < 1.29 is 34.1 Å². The van der Waals surface area contributed by atoms with Crippen molar-refractivity contribution in [3.05, 3.63) is 0 Å². The van der Waals surface area contributed by atoms with Crippen LogP contribution in [0.25, 0.3) is 0 Å². The van der Waals surface area contributed by atoms with Gasteiger partial charge in [0.15, 0.2) is 0 Å². The molecule has 0 heterocycles. The average Bonchev–Trinajstić information content (AvgIpc) is 0. The van der Waals surface area contributed by atoms with E-state index < -0.39 is 0 Å². The van der Waals surface area contributed by atoms with Gasteiger partial charge in [-0.05, 0) is 0 Å². The van der Waals surface area contributed by atoms with Crippen LogP contribution in [0.1, 0.15) is 0 Å². The molecule has 0 saturated carbocycles. The monoisotopic (exact) mass is 222 g/mol. The molecule has 0 unspecified atom stereocenters. The van der Waals surface area contributed by atoms with Crippen LogP contribution in [0.2, 0.25) is 0 Å². The molecule has 0 bridgehead atoms. The standard InChI is InChI=1S/2Fe.Li.3H2S.H/h;;;3*1H2;. The molecule has 0 saturated heterocycles. The van der Waals surface area contributed by atoms with Crippen molar-refractivity contribution in [2.45, 2.75) is 0 Å². The molecule has 0 fully saturated rings. The molecule has 0 aliphatic heterocycles. The van der Waals surface area contributed by atoms with Gasteiger partial charge in [0, 0.05) is 34.1 Å². The van der Waals surface area contributed by atoms with E-state index in [1.165, 1.54) is 0 Å². The van der Waals surface area contributed by atoms with Crippen LogP contribution in [0.5, 0.6) is 0 Å². The number of hydrogen-bond acceptors (Lipinski definition) is 0. The van der Waals surface area contributed by atoms with Crippen LogP contribution in [-0.2, 0) is 34.1 Å². The first-order valence-corrected chi connectivity index (χ1v) is 0. The van der Waals surface area contributed by atoms with E-state index in [-0.39, 0.29) is 93.5 Å². The van der Waals surface area contributed by atoms with E-state index in [1.807, 2.05) is 0 Å². The molecule has 42 valence electrons. The summed E-state index contributed by atoms with van der Waals surface area (Å²) in [5.74, 6) is 0. The van der Waals surface area contributed by atoms with Crippen LogP contribution in [0.3, 0.4) is 0 Å². The molecule has 0 amide bonds. The van der Waals surface area contributed by atoms with Crippen molar-refractivity contribution in [1.29, 1.82) is 0 Å². The summed E-state index contributed by atoms with van der Waals surface area (Å²) < 4.78 is 0. The van der Waals surface area contributed by atoms with Crippen molar-refractivity contribution in [3.8, 4) is 0 Å². The molecule has 0 aromatic rings. The summed E-state index contributed by atoms with van der Waals surface area (Å²) in [6, 6.07) is 0. The van der Waals surface area contributed by atoms with Gasteiger partial charge in [-0.25, -0.2) is 0 Å². The summed E-state index contributed by atoms with van der Waals surface area (Å²) in [5, 5.41) is 0. The zero-order valence-corrected chi connectivity index (χ0v) is 7.42. The van der Waals surface area contributed by atoms with E-state index in [1.54, 1.807) is 0 Å². The Kier molecular flexibility index (Phi) is 564. The maximum atomic E-state index is 0. The SMILES string of the molecule is S.S.S.[Fe].[Fe].[LiH]. The predicted octanol–water partition coefficient (Wildman–Crippen LogP) is -0.315. The first-order valence-electron chi connectivity index (χ1n) is 0. The van der Waals surface area contributed by atoms with E-state index in [9.17, 15) is 0 Å². The molecule has 0 aliphatic rings. The second-order valence-corrected chi connectivity index (χ2v) is 0. The van der Waals surface area contributed by atoms with Crippen molar-refractivity contribution in [3.63, 3.8) is 0 Å². The average molecular weight is 222 g/mol. The Morgan fingerprint density at radius 1 is 0.500 bits per heavy atom. The molecular formula is H7Fe2LiS3. The molecule has 0 rings (SSSR count). The molecule has 6 heavy (non-hydrogen) atoms. The molecule has 0 aromatic carbocycles. The van der Waals surface area contributed by atoms with Crippen LogP contribution in [0.4, 0.5) is 0 Å². The molecule has 0 spiro atoms. The van der Waals surface area contributed by atoms with Crippen molar-refractivity contribution in [2.24, 2.45) is 0 Å². The van der Waals surface area contributed by atoms with Gasteiger partial charge in [-0.1, -0.05) is 0 Å². The van der Waals surface area contributed by atoms with Crippen LogP contribution >= 0.6 is 40.5 Å².